The van der Waals surface area contributed by atoms with Crippen LogP contribution < -0.4 is 10.9 Å². The van der Waals surface area contributed by atoms with E-state index in [2.05, 4.69) is 5.32 Å². The molecular weight excluding hydrogens is 456 g/mol. The number of alkyl halides is 3. The number of piperidine rings is 1. The molecule has 0 saturated carbocycles. The summed E-state index contributed by atoms with van der Waals surface area (Å²) in [7, 11) is 0. The number of hydrogen-bond acceptors (Lipinski definition) is 3. The molecule has 1 fully saturated rings. The maximum Gasteiger partial charge on any atom is 0.252 e. The number of amides is 1. The molecule has 29 heavy (non-hydrogen) atoms. The second-order valence-corrected chi connectivity index (χ2v) is 10.4. The number of fused-ring (bicyclic) bond motifs is 4. The van der Waals surface area contributed by atoms with Crippen molar-refractivity contribution in [2.24, 2.45) is 5.92 Å². The van der Waals surface area contributed by atoms with Gasteiger partial charge in [-0.2, -0.15) is 0 Å². The summed E-state index contributed by atoms with van der Waals surface area (Å²) in [5, 5.41) is 3.41. The summed E-state index contributed by atoms with van der Waals surface area (Å²) in [4.78, 5) is 27.0. The minimum atomic E-state index is -1.72. The highest BCUT2D eigenvalue weighted by molar-refractivity contribution is 6.68. The third kappa shape index (κ3) is 4.44. The fourth-order valence-electron chi connectivity index (χ4n) is 4.33. The van der Waals surface area contributed by atoms with E-state index >= 15 is 0 Å². The number of carbonyl (C=O) groups is 1. The van der Waals surface area contributed by atoms with Crippen molar-refractivity contribution in [1.82, 2.24) is 14.8 Å². The molecule has 2 aromatic rings. The average Bonchev–Trinajstić information content (AvgIpc) is 2.66. The SMILES string of the molecule is O=C(N[C@@H](N1C[C@@H]2C[C@@H](C1)c1cccc(=O)n1C2)C(Cl)(Cl)Cl)c1ccc(Cl)cc1. The van der Waals surface area contributed by atoms with Crippen molar-refractivity contribution in [3.63, 3.8) is 0 Å². The van der Waals surface area contributed by atoms with Crippen molar-refractivity contribution in [3.8, 4) is 0 Å². The van der Waals surface area contributed by atoms with Crippen LogP contribution in [0.2, 0.25) is 5.02 Å². The largest absolute Gasteiger partial charge is 0.332 e. The number of rotatable bonds is 3. The number of benzene rings is 1. The second-order valence-electron chi connectivity index (χ2n) is 7.58. The number of aromatic nitrogens is 1. The molecule has 2 aliphatic rings. The lowest BCUT2D eigenvalue weighted by Gasteiger charge is -2.47. The molecule has 1 aromatic heterocycles. The van der Waals surface area contributed by atoms with Gasteiger partial charge >= 0.3 is 0 Å². The summed E-state index contributed by atoms with van der Waals surface area (Å²) >= 11 is 24.7. The molecule has 9 heteroatoms. The zero-order chi connectivity index (χ0) is 20.8. The molecule has 154 valence electrons. The first-order chi connectivity index (χ1) is 13.7. The van der Waals surface area contributed by atoms with Crippen LogP contribution in [-0.2, 0) is 6.54 Å². The zero-order valence-corrected chi connectivity index (χ0v) is 18.3. The lowest BCUT2D eigenvalue weighted by atomic mass is 9.83. The van der Waals surface area contributed by atoms with Gasteiger partial charge in [-0.1, -0.05) is 52.5 Å². The Morgan fingerprint density at radius 1 is 1.07 bits per heavy atom. The summed E-state index contributed by atoms with van der Waals surface area (Å²) in [6.45, 7) is 1.83. The summed E-state index contributed by atoms with van der Waals surface area (Å²) in [6.07, 6.45) is 0.167. The van der Waals surface area contributed by atoms with Crippen LogP contribution in [0.25, 0.3) is 0 Å². The highest BCUT2D eigenvalue weighted by Crippen LogP contribution is 2.40. The predicted molar refractivity (Wildman–Crippen MR) is 116 cm³/mol. The van der Waals surface area contributed by atoms with Gasteiger partial charge < -0.3 is 9.88 Å². The van der Waals surface area contributed by atoms with E-state index in [-0.39, 0.29) is 23.3 Å². The van der Waals surface area contributed by atoms with Gasteiger partial charge in [-0.25, -0.2) is 0 Å². The van der Waals surface area contributed by atoms with Crippen molar-refractivity contribution < 1.29 is 4.79 Å². The molecule has 0 radical (unpaired) electrons. The summed E-state index contributed by atoms with van der Waals surface area (Å²) in [6, 6.07) is 11.9. The zero-order valence-electron chi connectivity index (χ0n) is 15.3. The molecule has 0 unspecified atom stereocenters. The van der Waals surface area contributed by atoms with Crippen molar-refractivity contribution in [2.75, 3.05) is 13.1 Å². The van der Waals surface area contributed by atoms with E-state index in [1.807, 2.05) is 15.5 Å². The molecule has 2 bridgehead atoms. The standard InChI is InChI=1S/C20H19Cl4N3O2/c21-15-6-4-13(5-7-15)18(29)25-19(20(22,23)24)26-9-12-8-14(11-26)16-2-1-3-17(28)27(16)10-12/h1-7,12,14,19H,8-11H2,(H,25,29)/t12-,14-,19-/m0/s1. The van der Waals surface area contributed by atoms with Gasteiger partial charge in [0.1, 0.15) is 6.17 Å². The van der Waals surface area contributed by atoms with Crippen LogP contribution in [0.15, 0.2) is 47.3 Å². The number of carbonyl (C=O) groups excluding carboxylic acids is 1. The van der Waals surface area contributed by atoms with Gasteiger partial charge in [0.2, 0.25) is 3.79 Å². The lowest BCUT2D eigenvalue weighted by Crippen LogP contribution is -2.60. The topological polar surface area (TPSA) is 54.3 Å². The summed E-state index contributed by atoms with van der Waals surface area (Å²) in [5.41, 5.74) is 1.44. The minimum Gasteiger partial charge on any atom is -0.332 e. The molecule has 1 saturated heterocycles. The number of pyridine rings is 1. The Balaban J connectivity index is 1.58. The molecule has 5 nitrogen and oxygen atoms in total. The van der Waals surface area contributed by atoms with E-state index in [1.165, 1.54) is 0 Å². The number of nitrogens with zero attached hydrogens (tertiary/aromatic N) is 2. The third-order valence-corrected chi connectivity index (χ3v) is 6.43. The van der Waals surface area contributed by atoms with Crippen molar-refractivity contribution in [1.29, 1.82) is 0 Å². The third-order valence-electron chi connectivity index (χ3n) is 5.56. The highest BCUT2D eigenvalue weighted by atomic mass is 35.6. The van der Waals surface area contributed by atoms with Gasteiger partial charge in [0.25, 0.3) is 11.5 Å². The van der Waals surface area contributed by atoms with Crippen LogP contribution >= 0.6 is 46.4 Å². The molecule has 1 N–H and O–H groups in total. The van der Waals surface area contributed by atoms with Gasteiger partial charge in [-0.3, -0.25) is 14.5 Å². The van der Waals surface area contributed by atoms with E-state index in [0.717, 1.165) is 12.1 Å². The maximum atomic E-state index is 12.7. The molecule has 3 atom stereocenters. The van der Waals surface area contributed by atoms with Crippen LogP contribution in [0.5, 0.6) is 0 Å². The van der Waals surface area contributed by atoms with Crippen molar-refractivity contribution in [3.05, 3.63) is 69.1 Å². The average molecular weight is 475 g/mol. The van der Waals surface area contributed by atoms with Gasteiger partial charge in [0.15, 0.2) is 0 Å². The number of nitrogens with one attached hydrogen (secondary N) is 1. The molecule has 4 rings (SSSR count). The lowest BCUT2D eigenvalue weighted by molar-refractivity contribution is 0.0586. The van der Waals surface area contributed by atoms with Crippen molar-refractivity contribution in [2.45, 2.75) is 28.8 Å². The molecular formula is C20H19Cl4N3O2. The maximum absolute atomic E-state index is 12.7. The first kappa shape index (κ1) is 21.0. The summed E-state index contributed by atoms with van der Waals surface area (Å²) < 4.78 is 0.122. The monoisotopic (exact) mass is 473 g/mol. The van der Waals surface area contributed by atoms with Crippen LogP contribution in [0.3, 0.4) is 0 Å². The van der Waals surface area contributed by atoms with Crippen LogP contribution in [0.4, 0.5) is 0 Å². The number of hydrogen-bond donors (Lipinski definition) is 1. The Bertz CT molecular complexity index is 971. The van der Waals surface area contributed by atoms with Crippen molar-refractivity contribution >= 4 is 52.3 Å². The minimum absolute atomic E-state index is 0.0135. The van der Waals surface area contributed by atoms with Gasteiger partial charge in [-0.05, 0) is 42.7 Å². The van der Waals surface area contributed by atoms with E-state index < -0.39 is 9.96 Å². The fourth-order valence-corrected chi connectivity index (χ4v) is 5.04. The quantitative estimate of drug-likeness (QED) is 0.682. The Morgan fingerprint density at radius 2 is 1.79 bits per heavy atom. The fraction of sp³-hybridized carbons (Fsp3) is 0.400. The Kier molecular flexibility index (Phi) is 5.88. The normalized spacial score (nSPS) is 22.6. The molecule has 0 aliphatic carbocycles. The highest BCUT2D eigenvalue weighted by Gasteiger charge is 2.44. The van der Waals surface area contributed by atoms with Crippen LogP contribution in [-0.4, -0.2) is 38.4 Å². The van der Waals surface area contributed by atoms with Crippen LogP contribution in [0, 0.1) is 5.92 Å². The Hall–Kier alpha value is -1.24. The van der Waals surface area contributed by atoms with Crippen LogP contribution in [0.1, 0.15) is 28.4 Å². The van der Waals surface area contributed by atoms with Gasteiger partial charge in [0, 0.05) is 47.9 Å². The summed E-state index contributed by atoms with van der Waals surface area (Å²) in [5.74, 6) is 0.0349. The number of halogens is 4. The van der Waals surface area contributed by atoms with Gasteiger partial charge in [-0.15, -0.1) is 0 Å². The molecule has 0 spiro atoms. The first-order valence-corrected chi connectivity index (χ1v) is 10.8. The molecule has 1 aromatic carbocycles. The Morgan fingerprint density at radius 3 is 2.48 bits per heavy atom. The number of likely N-dealkylation sites (tertiary alicyclic amines) is 1. The van der Waals surface area contributed by atoms with E-state index in [0.29, 0.717) is 30.2 Å². The van der Waals surface area contributed by atoms with E-state index in [1.54, 1.807) is 36.4 Å². The second kappa shape index (κ2) is 8.12. The molecule has 2 aliphatic heterocycles. The first-order valence-electron chi connectivity index (χ1n) is 9.29. The molecule has 1 amide bonds. The Labute approximate surface area is 188 Å². The van der Waals surface area contributed by atoms with Gasteiger partial charge in [0.05, 0.1) is 0 Å². The smallest absolute Gasteiger partial charge is 0.252 e. The van der Waals surface area contributed by atoms with E-state index in [9.17, 15) is 9.59 Å². The van der Waals surface area contributed by atoms with E-state index in [4.69, 9.17) is 46.4 Å². The predicted octanol–water partition coefficient (Wildman–Crippen LogP) is 4.05. The molecule has 3 heterocycles.